The van der Waals surface area contributed by atoms with Crippen molar-refractivity contribution in [1.29, 1.82) is 0 Å². The predicted octanol–water partition coefficient (Wildman–Crippen LogP) is -1.15. The number of primary amides is 1. The van der Waals surface area contributed by atoms with Crippen LogP contribution in [0.1, 0.15) is 19.3 Å². The minimum atomic E-state index is -1.13. The summed E-state index contributed by atoms with van der Waals surface area (Å²) < 4.78 is 0. The number of carbonyl (C=O) groups excluding carboxylic acids is 2. The lowest BCUT2D eigenvalue weighted by molar-refractivity contribution is -0.130. The van der Waals surface area contributed by atoms with E-state index in [1.165, 1.54) is 0 Å². The second-order valence-corrected chi connectivity index (χ2v) is 3.19. The lowest BCUT2D eigenvalue weighted by Crippen LogP contribution is -2.34. The van der Waals surface area contributed by atoms with Crippen LogP contribution in [0, 0.1) is 0 Å². The van der Waals surface area contributed by atoms with Crippen LogP contribution in [0.5, 0.6) is 0 Å². The molecule has 1 atom stereocenters. The van der Waals surface area contributed by atoms with Gasteiger partial charge in [0.05, 0.1) is 0 Å². The fourth-order valence-electron chi connectivity index (χ4n) is 1.36. The third-order valence-corrected chi connectivity index (χ3v) is 2.17. The minimum Gasteiger partial charge on any atom is -0.383 e. The van der Waals surface area contributed by atoms with E-state index in [4.69, 9.17) is 10.8 Å². The summed E-state index contributed by atoms with van der Waals surface area (Å²) in [7, 11) is 0. The Bertz CT molecular complexity index is 217. The molecule has 74 valence electrons. The molecule has 1 fully saturated rings. The van der Waals surface area contributed by atoms with Gasteiger partial charge in [-0.1, -0.05) is 0 Å². The largest absolute Gasteiger partial charge is 0.383 e. The molecule has 1 aliphatic rings. The van der Waals surface area contributed by atoms with E-state index in [1.807, 2.05) is 0 Å². The van der Waals surface area contributed by atoms with Crippen molar-refractivity contribution in [2.75, 3.05) is 13.1 Å². The van der Waals surface area contributed by atoms with Gasteiger partial charge in [0.2, 0.25) is 11.8 Å². The van der Waals surface area contributed by atoms with Gasteiger partial charge in [-0.15, -0.1) is 0 Å². The van der Waals surface area contributed by atoms with E-state index in [2.05, 4.69) is 0 Å². The highest BCUT2D eigenvalue weighted by Crippen LogP contribution is 2.10. The monoisotopic (exact) mass is 186 g/mol. The molecule has 0 aliphatic carbocycles. The Morgan fingerprint density at radius 3 is 2.85 bits per heavy atom. The molecule has 0 saturated carbocycles. The Morgan fingerprint density at radius 2 is 2.38 bits per heavy atom. The van der Waals surface area contributed by atoms with E-state index >= 15 is 0 Å². The summed E-state index contributed by atoms with van der Waals surface area (Å²) >= 11 is 0. The van der Waals surface area contributed by atoms with Crippen molar-refractivity contribution in [1.82, 2.24) is 4.90 Å². The van der Waals surface area contributed by atoms with Gasteiger partial charge in [-0.2, -0.15) is 0 Å². The van der Waals surface area contributed by atoms with Crippen LogP contribution in [-0.2, 0) is 9.59 Å². The number of likely N-dealkylation sites (tertiary alicyclic amines) is 1. The minimum absolute atomic E-state index is 0.0941. The van der Waals surface area contributed by atoms with E-state index in [0.717, 1.165) is 13.0 Å². The first-order chi connectivity index (χ1) is 6.11. The third kappa shape index (κ3) is 2.69. The van der Waals surface area contributed by atoms with Crippen LogP contribution in [0.2, 0.25) is 0 Å². The van der Waals surface area contributed by atoms with Crippen molar-refractivity contribution in [2.24, 2.45) is 5.73 Å². The van der Waals surface area contributed by atoms with Crippen molar-refractivity contribution in [3.05, 3.63) is 0 Å². The van der Waals surface area contributed by atoms with Crippen LogP contribution in [-0.4, -0.2) is 41.0 Å². The van der Waals surface area contributed by atoms with Gasteiger partial charge in [0.1, 0.15) is 6.10 Å². The summed E-state index contributed by atoms with van der Waals surface area (Å²) in [5.41, 5.74) is 4.86. The molecule has 0 aromatic carbocycles. The molecule has 0 bridgehead atoms. The third-order valence-electron chi connectivity index (χ3n) is 2.17. The molecule has 1 rings (SSSR count). The van der Waals surface area contributed by atoms with Crippen LogP contribution in [0.15, 0.2) is 0 Å². The maximum absolute atomic E-state index is 11.1. The Morgan fingerprint density at radius 1 is 1.69 bits per heavy atom. The first-order valence-electron chi connectivity index (χ1n) is 4.36. The summed E-state index contributed by atoms with van der Waals surface area (Å²) in [5.74, 6) is -0.636. The first-order valence-corrected chi connectivity index (χ1v) is 4.36. The van der Waals surface area contributed by atoms with Gasteiger partial charge in [0.25, 0.3) is 0 Å². The highest BCUT2D eigenvalue weighted by Gasteiger charge is 2.21. The molecular formula is C8H14N2O3. The lowest BCUT2D eigenvalue weighted by atomic mass is 10.2. The fourth-order valence-corrected chi connectivity index (χ4v) is 1.36. The predicted molar refractivity (Wildman–Crippen MR) is 45.6 cm³/mol. The summed E-state index contributed by atoms with van der Waals surface area (Å²) in [6.45, 7) is 1.15. The second kappa shape index (κ2) is 4.23. The molecule has 1 aliphatic heterocycles. The SMILES string of the molecule is NC(=O)C(O)CCN1CCCC1=O. The molecule has 0 aromatic heterocycles. The van der Waals surface area contributed by atoms with Gasteiger partial charge in [-0.25, -0.2) is 0 Å². The van der Waals surface area contributed by atoms with Gasteiger partial charge in [0.15, 0.2) is 0 Å². The molecule has 0 aromatic rings. The van der Waals surface area contributed by atoms with Gasteiger partial charge in [0, 0.05) is 19.5 Å². The molecule has 0 spiro atoms. The van der Waals surface area contributed by atoms with Crippen molar-refractivity contribution in [3.63, 3.8) is 0 Å². The molecule has 1 saturated heterocycles. The van der Waals surface area contributed by atoms with Gasteiger partial charge in [-0.05, 0) is 12.8 Å². The molecule has 1 heterocycles. The van der Waals surface area contributed by atoms with E-state index in [-0.39, 0.29) is 12.3 Å². The highest BCUT2D eigenvalue weighted by atomic mass is 16.3. The molecule has 3 N–H and O–H groups in total. The van der Waals surface area contributed by atoms with Crippen LogP contribution in [0.25, 0.3) is 0 Å². The van der Waals surface area contributed by atoms with E-state index in [1.54, 1.807) is 4.90 Å². The lowest BCUT2D eigenvalue weighted by Gasteiger charge is -2.16. The smallest absolute Gasteiger partial charge is 0.246 e. The van der Waals surface area contributed by atoms with Crippen LogP contribution < -0.4 is 5.73 Å². The van der Waals surface area contributed by atoms with Gasteiger partial charge in [-0.3, -0.25) is 9.59 Å². The zero-order chi connectivity index (χ0) is 9.84. The first kappa shape index (κ1) is 9.98. The summed E-state index contributed by atoms with van der Waals surface area (Å²) in [5, 5.41) is 9.06. The molecule has 13 heavy (non-hydrogen) atoms. The number of aliphatic hydroxyl groups excluding tert-OH is 1. The van der Waals surface area contributed by atoms with Gasteiger partial charge >= 0.3 is 0 Å². The van der Waals surface area contributed by atoms with Crippen molar-refractivity contribution in [2.45, 2.75) is 25.4 Å². The zero-order valence-electron chi connectivity index (χ0n) is 7.40. The average molecular weight is 186 g/mol. The summed E-state index contributed by atoms with van der Waals surface area (Å²) in [6.07, 6.45) is 0.549. The molecular weight excluding hydrogens is 172 g/mol. The van der Waals surface area contributed by atoms with Gasteiger partial charge < -0.3 is 15.7 Å². The van der Waals surface area contributed by atoms with Crippen molar-refractivity contribution in [3.8, 4) is 0 Å². The molecule has 0 radical (unpaired) electrons. The Kier molecular flexibility index (Phi) is 3.25. The number of aliphatic hydroxyl groups is 1. The second-order valence-electron chi connectivity index (χ2n) is 3.19. The number of amides is 2. The summed E-state index contributed by atoms with van der Waals surface area (Å²) in [4.78, 5) is 23.2. The molecule has 5 heteroatoms. The van der Waals surface area contributed by atoms with Crippen molar-refractivity contribution >= 4 is 11.8 Å². The summed E-state index contributed by atoms with van der Waals surface area (Å²) in [6, 6.07) is 0. The fraction of sp³-hybridized carbons (Fsp3) is 0.750. The number of hydrogen-bond donors (Lipinski definition) is 2. The van der Waals surface area contributed by atoms with E-state index in [9.17, 15) is 9.59 Å². The van der Waals surface area contributed by atoms with Crippen LogP contribution in [0.3, 0.4) is 0 Å². The maximum atomic E-state index is 11.1. The van der Waals surface area contributed by atoms with Crippen LogP contribution >= 0.6 is 0 Å². The molecule has 2 amide bonds. The Hall–Kier alpha value is -1.10. The highest BCUT2D eigenvalue weighted by molar-refractivity contribution is 5.79. The quantitative estimate of drug-likeness (QED) is 0.581. The van der Waals surface area contributed by atoms with Crippen LogP contribution in [0.4, 0.5) is 0 Å². The number of rotatable bonds is 4. The topological polar surface area (TPSA) is 83.6 Å². The zero-order valence-corrected chi connectivity index (χ0v) is 7.40. The van der Waals surface area contributed by atoms with E-state index in [0.29, 0.717) is 13.0 Å². The Labute approximate surface area is 76.5 Å². The van der Waals surface area contributed by atoms with Crippen molar-refractivity contribution < 1.29 is 14.7 Å². The normalized spacial score (nSPS) is 19.2. The molecule has 5 nitrogen and oxygen atoms in total. The average Bonchev–Trinajstić information content (AvgIpc) is 2.47. The number of carbonyl (C=O) groups is 2. The standard InChI is InChI=1S/C8H14N2O3/c9-8(13)6(11)3-5-10-4-1-2-7(10)12/h6,11H,1-5H2,(H2,9,13). The number of nitrogens with two attached hydrogens (primary N) is 1. The Balaban J connectivity index is 2.25. The maximum Gasteiger partial charge on any atom is 0.246 e. The molecule has 1 unspecified atom stereocenters. The number of hydrogen-bond acceptors (Lipinski definition) is 3. The van der Waals surface area contributed by atoms with E-state index < -0.39 is 12.0 Å². The number of nitrogens with zero attached hydrogens (tertiary/aromatic N) is 1.